The summed E-state index contributed by atoms with van der Waals surface area (Å²) < 4.78 is 5.00. The summed E-state index contributed by atoms with van der Waals surface area (Å²) in [6, 6.07) is 8.30. The number of amides is 1. The molecule has 0 fully saturated rings. The highest BCUT2D eigenvalue weighted by molar-refractivity contribution is 6.32. The van der Waals surface area contributed by atoms with Gasteiger partial charge in [0.15, 0.2) is 0 Å². The largest absolute Gasteiger partial charge is 0.475 e. The summed E-state index contributed by atoms with van der Waals surface area (Å²) in [5.74, 6) is -2.72. The Morgan fingerprint density at radius 1 is 1.23 bits per heavy atom. The highest BCUT2D eigenvalue weighted by atomic mass is 16.5. The summed E-state index contributed by atoms with van der Waals surface area (Å²) in [5, 5.41) is 20.7. The van der Waals surface area contributed by atoms with Gasteiger partial charge in [0.25, 0.3) is 0 Å². The number of hydrogen-bond acceptors (Lipinski definition) is 5. The lowest BCUT2D eigenvalue weighted by Crippen LogP contribution is -2.44. The lowest BCUT2D eigenvalue weighted by Gasteiger charge is -2.21. The van der Waals surface area contributed by atoms with Crippen LogP contribution in [0, 0.1) is 0 Å². The van der Waals surface area contributed by atoms with Gasteiger partial charge in [0.2, 0.25) is 5.78 Å². The molecule has 1 aromatic rings. The molecule has 0 radical (unpaired) electrons. The fourth-order valence-electron chi connectivity index (χ4n) is 1.81. The molecule has 0 spiro atoms. The zero-order valence-corrected chi connectivity index (χ0v) is 12.2. The number of aliphatic hydroxyl groups excluding tert-OH is 1. The molecule has 22 heavy (non-hydrogen) atoms. The van der Waals surface area contributed by atoms with Crippen LogP contribution in [-0.2, 0) is 20.9 Å². The van der Waals surface area contributed by atoms with E-state index in [2.05, 4.69) is 5.32 Å². The minimum atomic E-state index is -1.61. The van der Waals surface area contributed by atoms with Crippen LogP contribution in [0.4, 0.5) is 4.79 Å². The first kappa shape index (κ1) is 17.6. The summed E-state index contributed by atoms with van der Waals surface area (Å²) in [5.41, 5.74) is 0.812. The smallest absolute Gasteiger partial charge is 0.407 e. The molecule has 0 bridgehead atoms. The number of aliphatic carboxylic acids is 1. The molecule has 1 rings (SSSR count). The number of ketones is 1. The molecule has 0 aliphatic carbocycles. The van der Waals surface area contributed by atoms with Crippen molar-refractivity contribution in [2.45, 2.75) is 38.5 Å². The minimum absolute atomic E-state index is 0.0766. The monoisotopic (exact) mass is 309 g/mol. The summed E-state index contributed by atoms with van der Waals surface area (Å²) in [6.45, 7) is 1.77. The standard InChI is InChI=1S/C15H19NO6/c1-2-11(12(17)8-13(18)14(19)20)16-15(21)22-9-10-6-4-3-5-7-10/h3-7,11-12,17H,2,8-9H2,1H3,(H,16,21)(H,19,20)/t11-,12+/m1/s1. The van der Waals surface area contributed by atoms with Crippen molar-refractivity contribution in [3.63, 3.8) is 0 Å². The number of carboxylic acids is 1. The highest BCUT2D eigenvalue weighted by Crippen LogP contribution is 2.06. The molecule has 120 valence electrons. The van der Waals surface area contributed by atoms with Gasteiger partial charge < -0.3 is 20.3 Å². The number of benzene rings is 1. The van der Waals surface area contributed by atoms with Gasteiger partial charge in [-0.1, -0.05) is 37.3 Å². The Hall–Kier alpha value is -2.41. The first-order valence-corrected chi connectivity index (χ1v) is 6.85. The van der Waals surface area contributed by atoms with Gasteiger partial charge in [-0.05, 0) is 12.0 Å². The number of nitrogens with one attached hydrogen (secondary N) is 1. The number of Topliss-reactive ketones (excluding diaryl/α,β-unsaturated/α-hetero) is 1. The summed E-state index contributed by atoms with van der Waals surface area (Å²) in [7, 11) is 0. The Morgan fingerprint density at radius 3 is 2.41 bits per heavy atom. The van der Waals surface area contributed by atoms with Gasteiger partial charge in [0.05, 0.1) is 12.1 Å². The van der Waals surface area contributed by atoms with E-state index in [0.29, 0.717) is 6.42 Å². The Bertz CT molecular complexity index is 516. The van der Waals surface area contributed by atoms with Crippen molar-refractivity contribution in [2.24, 2.45) is 0 Å². The second-order valence-corrected chi connectivity index (χ2v) is 4.72. The number of carboxylic acid groups (broad SMARTS) is 1. The van der Waals surface area contributed by atoms with Crippen LogP contribution >= 0.6 is 0 Å². The number of alkyl carbamates (subject to hydrolysis) is 1. The van der Waals surface area contributed by atoms with E-state index in [1.807, 2.05) is 18.2 Å². The first-order chi connectivity index (χ1) is 10.4. The quantitative estimate of drug-likeness (QED) is 0.620. The predicted octanol–water partition coefficient (Wildman–Crippen LogP) is 1.10. The number of ether oxygens (including phenoxy) is 1. The van der Waals surface area contributed by atoms with Crippen LogP contribution in [0.25, 0.3) is 0 Å². The summed E-state index contributed by atoms with van der Waals surface area (Å²) >= 11 is 0. The molecule has 1 amide bonds. The molecule has 0 heterocycles. The molecular weight excluding hydrogens is 290 g/mol. The SMILES string of the molecule is CC[C@@H](NC(=O)OCc1ccccc1)[C@@H](O)CC(=O)C(=O)O. The van der Waals surface area contributed by atoms with Crippen molar-refractivity contribution in [1.82, 2.24) is 5.32 Å². The van der Waals surface area contributed by atoms with Crippen LogP contribution in [0.3, 0.4) is 0 Å². The molecule has 7 heteroatoms. The Balaban J connectivity index is 2.45. The Morgan fingerprint density at radius 2 is 1.86 bits per heavy atom. The third kappa shape index (κ3) is 5.92. The van der Waals surface area contributed by atoms with E-state index >= 15 is 0 Å². The topological polar surface area (TPSA) is 113 Å². The van der Waals surface area contributed by atoms with Crippen molar-refractivity contribution in [2.75, 3.05) is 0 Å². The number of hydrogen-bond donors (Lipinski definition) is 3. The van der Waals surface area contributed by atoms with Crippen molar-refractivity contribution < 1.29 is 29.3 Å². The number of carbonyl (C=O) groups is 3. The van der Waals surface area contributed by atoms with Gasteiger partial charge in [-0.15, -0.1) is 0 Å². The van der Waals surface area contributed by atoms with E-state index in [4.69, 9.17) is 9.84 Å². The Kier molecular flexibility index (Phi) is 7.04. The molecule has 0 aliphatic rings. The van der Waals surface area contributed by atoms with E-state index in [9.17, 15) is 19.5 Å². The second-order valence-electron chi connectivity index (χ2n) is 4.72. The molecule has 0 unspecified atom stereocenters. The van der Waals surface area contributed by atoms with Crippen LogP contribution in [0.1, 0.15) is 25.3 Å². The number of rotatable bonds is 8. The van der Waals surface area contributed by atoms with Crippen LogP contribution in [0.5, 0.6) is 0 Å². The van der Waals surface area contributed by atoms with Crippen molar-refractivity contribution >= 4 is 17.8 Å². The van der Waals surface area contributed by atoms with Crippen molar-refractivity contribution in [3.05, 3.63) is 35.9 Å². The predicted molar refractivity (Wildman–Crippen MR) is 77.1 cm³/mol. The zero-order valence-electron chi connectivity index (χ0n) is 12.2. The van der Waals surface area contributed by atoms with Gasteiger partial charge >= 0.3 is 12.1 Å². The van der Waals surface area contributed by atoms with Gasteiger partial charge in [-0.3, -0.25) is 4.79 Å². The average molecular weight is 309 g/mol. The second kappa shape index (κ2) is 8.78. The molecule has 0 saturated carbocycles. The van der Waals surface area contributed by atoms with Crippen LogP contribution in [-0.4, -0.2) is 40.2 Å². The Labute approximate surface area is 127 Å². The molecular formula is C15H19NO6. The molecule has 0 saturated heterocycles. The van der Waals surface area contributed by atoms with Gasteiger partial charge in [-0.25, -0.2) is 9.59 Å². The molecule has 0 aromatic heterocycles. The fraction of sp³-hybridized carbons (Fsp3) is 0.400. The molecule has 2 atom stereocenters. The van der Waals surface area contributed by atoms with E-state index in [1.165, 1.54) is 0 Å². The van der Waals surface area contributed by atoms with E-state index in [0.717, 1.165) is 5.56 Å². The third-order valence-corrected chi connectivity index (χ3v) is 3.05. The zero-order chi connectivity index (χ0) is 16.5. The van der Waals surface area contributed by atoms with Gasteiger partial charge in [0.1, 0.15) is 6.61 Å². The third-order valence-electron chi connectivity index (χ3n) is 3.05. The highest BCUT2D eigenvalue weighted by Gasteiger charge is 2.25. The first-order valence-electron chi connectivity index (χ1n) is 6.85. The van der Waals surface area contributed by atoms with E-state index < -0.39 is 36.4 Å². The average Bonchev–Trinajstić information content (AvgIpc) is 2.51. The minimum Gasteiger partial charge on any atom is -0.475 e. The van der Waals surface area contributed by atoms with Crippen LogP contribution in [0.15, 0.2) is 30.3 Å². The van der Waals surface area contributed by atoms with Crippen molar-refractivity contribution in [3.8, 4) is 0 Å². The maximum atomic E-state index is 11.7. The lowest BCUT2D eigenvalue weighted by molar-refractivity contribution is -0.150. The maximum Gasteiger partial charge on any atom is 0.407 e. The molecule has 3 N–H and O–H groups in total. The van der Waals surface area contributed by atoms with Crippen LogP contribution < -0.4 is 5.32 Å². The number of carbonyl (C=O) groups excluding carboxylic acids is 2. The van der Waals surface area contributed by atoms with Gasteiger partial charge in [-0.2, -0.15) is 0 Å². The molecule has 0 aliphatic heterocycles. The fourth-order valence-corrected chi connectivity index (χ4v) is 1.81. The maximum absolute atomic E-state index is 11.7. The number of aliphatic hydroxyl groups is 1. The summed E-state index contributed by atoms with van der Waals surface area (Å²) in [6.07, 6.45) is -2.25. The van der Waals surface area contributed by atoms with Gasteiger partial charge in [0, 0.05) is 6.42 Å². The normalized spacial score (nSPS) is 13.0. The molecule has 7 nitrogen and oxygen atoms in total. The van der Waals surface area contributed by atoms with E-state index in [-0.39, 0.29) is 6.61 Å². The van der Waals surface area contributed by atoms with Crippen LogP contribution in [0.2, 0.25) is 0 Å². The lowest BCUT2D eigenvalue weighted by atomic mass is 10.0. The summed E-state index contributed by atoms with van der Waals surface area (Å²) in [4.78, 5) is 33.2. The van der Waals surface area contributed by atoms with E-state index in [1.54, 1.807) is 19.1 Å². The molecule has 1 aromatic carbocycles. The van der Waals surface area contributed by atoms with Crippen molar-refractivity contribution in [1.29, 1.82) is 0 Å².